The first-order chi connectivity index (χ1) is 20.8. The first-order valence-corrected chi connectivity index (χ1v) is 16.7. The van der Waals surface area contributed by atoms with Crippen LogP contribution in [0.25, 0.3) is 11.1 Å². The number of hydrogen-bond acceptors (Lipinski definition) is 3. The molecule has 0 aromatic heterocycles. The van der Waals surface area contributed by atoms with Gasteiger partial charge < -0.3 is 14.6 Å². The van der Waals surface area contributed by atoms with Gasteiger partial charge in [-0.2, -0.15) is 22.0 Å². The van der Waals surface area contributed by atoms with Gasteiger partial charge in [0.2, 0.25) is 0 Å². The Hall–Kier alpha value is -2.24. The standard InChI is InChI=1S/C33H42F7NO2S/c1-41(17-6-7-18-44(43)19-9-15-32(36,37)33(38,39)40)16-5-3-2-4-11-31-29(25-20-26(34)23-27(35)21-25)12-8-10-24-22-28(42)13-14-30(24)31/h13-14,20-23,42H,2-12,15-19H2,1H3. The number of unbranched alkanes of at least 4 members (excludes halogenated alkanes) is 4. The summed E-state index contributed by atoms with van der Waals surface area (Å²) in [5.74, 6) is -5.62. The molecule has 1 aliphatic rings. The number of halogens is 7. The average molecular weight is 650 g/mol. The third kappa shape index (κ3) is 11.3. The molecule has 2 aromatic carbocycles. The molecule has 0 heterocycles. The molecular formula is C33H42F7NO2S. The van der Waals surface area contributed by atoms with Crippen molar-refractivity contribution in [3.8, 4) is 5.75 Å². The number of hydrogen-bond donors (Lipinski definition) is 1. The highest BCUT2D eigenvalue weighted by Gasteiger charge is 2.56. The van der Waals surface area contributed by atoms with E-state index in [1.165, 1.54) is 12.1 Å². The van der Waals surface area contributed by atoms with E-state index in [-0.39, 0.29) is 17.3 Å². The van der Waals surface area contributed by atoms with Crippen LogP contribution in [-0.4, -0.2) is 58.3 Å². The Bertz CT molecular complexity index is 1210. The molecule has 0 amide bonds. The van der Waals surface area contributed by atoms with Crippen molar-refractivity contribution in [3.05, 3.63) is 64.7 Å². The number of allylic oxidation sites excluding steroid dienone is 2. The number of phenolic OH excluding ortho intramolecular Hbond substituents is 1. The maximum atomic E-state index is 14.1. The minimum absolute atomic E-state index is 0.160. The van der Waals surface area contributed by atoms with E-state index < -0.39 is 47.8 Å². The number of alkyl halides is 5. The molecule has 44 heavy (non-hydrogen) atoms. The lowest BCUT2D eigenvalue weighted by Gasteiger charge is -2.20. The molecule has 0 bridgehead atoms. The number of benzene rings is 2. The smallest absolute Gasteiger partial charge is 0.453 e. The van der Waals surface area contributed by atoms with Crippen LogP contribution in [0.3, 0.4) is 0 Å². The first kappa shape index (κ1) is 36.2. The van der Waals surface area contributed by atoms with Crippen molar-refractivity contribution in [1.82, 2.24) is 4.90 Å². The van der Waals surface area contributed by atoms with E-state index in [0.717, 1.165) is 92.8 Å². The van der Waals surface area contributed by atoms with Crippen LogP contribution in [0.4, 0.5) is 30.7 Å². The van der Waals surface area contributed by atoms with Crippen molar-refractivity contribution in [2.24, 2.45) is 0 Å². The van der Waals surface area contributed by atoms with Crippen LogP contribution in [0.5, 0.6) is 5.75 Å². The van der Waals surface area contributed by atoms with Crippen LogP contribution < -0.4 is 0 Å². The second kappa shape index (κ2) is 16.9. The fourth-order valence-electron chi connectivity index (χ4n) is 5.68. The Labute approximate surface area is 258 Å². The molecule has 11 heteroatoms. The summed E-state index contributed by atoms with van der Waals surface area (Å²) in [6.07, 6.45) is 0.915. The van der Waals surface area contributed by atoms with E-state index in [9.17, 15) is 40.4 Å². The zero-order chi connectivity index (χ0) is 32.3. The normalized spacial score (nSPS) is 15.0. The molecule has 1 N–H and O–H groups in total. The molecule has 0 saturated heterocycles. The molecule has 0 radical (unpaired) electrons. The van der Waals surface area contributed by atoms with Gasteiger partial charge in [0.1, 0.15) is 28.9 Å². The molecule has 246 valence electrons. The molecule has 1 aliphatic carbocycles. The minimum Gasteiger partial charge on any atom is -0.616 e. The highest BCUT2D eigenvalue weighted by molar-refractivity contribution is 7.91. The summed E-state index contributed by atoms with van der Waals surface area (Å²) in [5, 5.41) is 10.0. The van der Waals surface area contributed by atoms with Crippen molar-refractivity contribution in [1.29, 1.82) is 0 Å². The highest BCUT2D eigenvalue weighted by atomic mass is 32.2. The number of phenols is 1. The van der Waals surface area contributed by atoms with E-state index in [0.29, 0.717) is 18.4 Å². The van der Waals surface area contributed by atoms with Crippen molar-refractivity contribution < 1.29 is 40.4 Å². The molecular weight excluding hydrogens is 607 g/mol. The van der Waals surface area contributed by atoms with Crippen molar-refractivity contribution in [2.45, 2.75) is 89.1 Å². The number of nitrogens with zero attached hydrogens (tertiary/aromatic N) is 1. The van der Waals surface area contributed by atoms with Crippen LogP contribution in [0.1, 0.15) is 87.3 Å². The Morgan fingerprint density at radius 1 is 0.818 bits per heavy atom. The van der Waals surface area contributed by atoms with Gasteiger partial charge in [0.05, 0.1) is 0 Å². The number of rotatable bonds is 17. The predicted octanol–water partition coefficient (Wildman–Crippen LogP) is 9.31. The van der Waals surface area contributed by atoms with E-state index in [4.69, 9.17) is 0 Å². The van der Waals surface area contributed by atoms with Gasteiger partial charge in [-0.25, -0.2) is 8.78 Å². The third-order valence-corrected chi connectivity index (χ3v) is 9.51. The number of aromatic hydroxyl groups is 1. The molecule has 3 rings (SSSR count). The molecule has 3 nitrogen and oxygen atoms in total. The zero-order valence-electron chi connectivity index (χ0n) is 25.1. The number of fused-ring (bicyclic) bond motifs is 1. The Balaban J connectivity index is 1.40. The van der Waals surface area contributed by atoms with Crippen LogP contribution in [0, 0.1) is 11.6 Å². The monoisotopic (exact) mass is 649 g/mol. The zero-order valence-corrected chi connectivity index (χ0v) is 26.0. The first-order valence-electron chi connectivity index (χ1n) is 15.3. The highest BCUT2D eigenvalue weighted by Crippen LogP contribution is 2.40. The fourth-order valence-corrected chi connectivity index (χ4v) is 6.87. The van der Waals surface area contributed by atoms with Gasteiger partial charge >= 0.3 is 12.1 Å². The van der Waals surface area contributed by atoms with Gasteiger partial charge in [-0.15, -0.1) is 0 Å². The largest absolute Gasteiger partial charge is 0.616 e. The summed E-state index contributed by atoms with van der Waals surface area (Å²) in [6.45, 7) is 1.64. The third-order valence-electron chi connectivity index (χ3n) is 8.02. The molecule has 2 aromatic rings. The average Bonchev–Trinajstić information content (AvgIpc) is 3.10. The fraction of sp³-hybridized carbons (Fsp3) is 0.576. The summed E-state index contributed by atoms with van der Waals surface area (Å²) in [5.41, 5.74) is 4.66. The number of aryl methyl sites for hydroxylation is 1. The van der Waals surface area contributed by atoms with Gasteiger partial charge in [0, 0.05) is 12.5 Å². The lowest BCUT2D eigenvalue weighted by Crippen LogP contribution is -2.36. The van der Waals surface area contributed by atoms with E-state index in [1.54, 1.807) is 12.1 Å². The molecule has 1 unspecified atom stereocenters. The van der Waals surface area contributed by atoms with Crippen LogP contribution >= 0.6 is 0 Å². The van der Waals surface area contributed by atoms with Crippen LogP contribution in [0.2, 0.25) is 0 Å². The maximum absolute atomic E-state index is 14.1. The second-order valence-corrected chi connectivity index (χ2v) is 13.3. The lowest BCUT2D eigenvalue weighted by atomic mass is 9.89. The van der Waals surface area contributed by atoms with Gasteiger partial charge in [0.15, 0.2) is 0 Å². The Kier molecular flexibility index (Phi) is 13.9. The predicted molar refractivity (Wildman–Crippen MR) is 162 cm³/mol. The molecule has 0 aliphatic heterocycles. The van der Waals surface area contributed by atoms with Crippen LogP contribution in [0.15, 0.2) is 36.4 Å². The Morgan fingerprint density at radius 3 is 2.14 bits per heavy atom. The molecule has 1 atom stereocenters. The van der Waals surface area contributed by atoms with Gasteiger partial charge in [-0.1, -0.05) is 30.1 Å². The summed E-state index contributed by atoms with van der Waals surface area (Å²) >= 11 is -1.41. The summed E-state index contributed by atoms with van der Waals surface area (Å²) in [4.78, 5) is 2.17. The van der Waals surface area contributed by atoms with E-state index >= 15 is 0 Å². The van der Waals surface area contributed by atoms with Crippen molar-refractivity contribution in [2.75, 3.05) is 31.6 Å². The van der Waals surface area contributed by atoms with Gasteiger partial charge in [0.25, 0.3) is 0 Å². The summed E-state index contributed by atoms with van der Waals surface area (Å²) in [6, 6.07) is 8.98. The quantitative estimate of drug-likeness (QED) is 0.106. The maximum Gasteiger partial charge on any atom is 0.453 e. The second-order valence-electron chi connectivity index (χ2n) is 11.6. The minimum atomic E-state index is -5.57. The lowest BCUT2D eigenvalue weighted by molar-refractivity contribution is -0.284. The Morgan fingerprint density at radius 2 is 1.45 bits per heavy atom. The van der Waals surface area contributed by atoms with Crippen molar-refractivity contribution >= 4 is 22.3 Å². The van der Waals surface area contributed by atoms with Crippen LogP contribution in [-0.2, 0) is 17.6 Å². The summed E-state index contributed by atoms with van der Waals surface area (Å²) < 4.78 is 103. The summed E-state index contributed by atoms with van der Waals surface area (Å²) in [7, 11) is 1.99. The van der Waals surface area contributed by atoms with E-state index in [1.807, 2.05) is 13.1 Å². The van der Waals surface area contributed by atoms with Crippen molar-refractivity contribution in [3.63, 3.8) is 0 Å². The van der Waals surface area contributed by atoms with Gasteiger partial charge in [-0.3, -0.25) is 0 Å². The topological polar surface area (TPSA) is 46.5 Å². The molecule has 0 spiro atoms. The molecule has 0 saturated carbocycles. The SMILES string of the molecule is CN(CCCCCCC1=C(c2cc(F)cc(F)c2)CCCc2cc(O)ccc21)CCCC[S+]([O-])CCCC(F)(F)C(F)(F)F. The van der Waals surface area contributed by atoms with Gasteiger partial charge in [-0.05, 0) is 130 Å². The van der Waals surface area contributed by atoms with E-state index in [2.05, 4.69) is 4.90 Å². The molecule has 0 fully saturated rings.